The van der Waals surface area contributed by atoms with Gasteiger partial charge in [0.2, 0.25) is 0 Å². The van der Waals surface area contributed by atoms with Gasteiger partial charge in [0.05, 0.1) is 0 Å². The van der Waals surface area contributed by atoms with Crippen molar-refractivity contribution in [2.45, 2.75) is 26.2 Å². The number of aryl methyl sites for hydroxylation is 1. The van der Waals surface area contributed by atoms with E-state index in [1.165, 1.54) is 0 Å². The first-order valence-corrected chi connectivity index (χ1v) is 3.90. The molecular formula is C9H13N3. The van der Waals surface area contributed by atoms with E-state index in [1.807, 2.05) is 19.2 Å². The molecule has 3 nitrogen and oxygen atoms in total. The van der Waals surface area contributed by atoms with Gasteiger partial charge in [-0.05, 0) is 6.07 Å². The van der Waals surface area contributed by atoms with Gasteiger partial charge in [-0.1, -0.05) is 20.8 Å². The zero-order chi connectivity index (χ0) is 9.35. The van der Waals surface area contributed by atoms with E-state index in [4.69, 9.17) is 5.26 Å². The molecule has 12 heavy (non-hydrogen) atoms. The minimum atomic E-state index is 0.0524. The van der Waals surface area contributed by atoms with Gasteiger partial charge in [-0.3, -0.25) is 4.68 Å². The van der Waals surface area contributed by atoms with Gasteiger partial charge in [-0.2, -0.15) is 10.4 Å². The first kappa shape index (κ1) is 8.79. The van der Waals surface area contributed by atoms with Gasteiger partial charge in [0.1, 0.15) is 6.07 Å². The number of hydrogen-bond donors (Lipinski definition) is 0. The highest BCUT2D eigenvalue weighted by molar-refractivity contribution is 5.26. The van der Waals surface area contributed by atoms with E-state index >= 15 is 0 Å². The van der Waals surface area contributed by atoms with E-state index < -0.39 is 0 Å². The highest BCUT2D eigenvalue weighted by Crippen LogP contribution is 2.21. The van der Waals surface area contributed by atoms with Crippen LogP contribution in [-0.4, -0.2) is 9.78 Å². The van der Waals surface area contributed by atoms with Crippen LogP contribution in [0.25, 0.3) is 0 Å². The normalized spacial score (nSPS) is 11.2. The Labute approximate surface area is 72.6 Å². The molecule has 0 amide bonds. The van der Waals surface area contributed by atoms with Gasteiger partial charge in [0.25, 0.3) is 0 Å². The van der Waals surface area contributed by atoms with Gasteiger partial charge in [0.15, 0.2) is 5.69 Å². The average Bonchev–Trinajstić information content (AvgIpc) is 2.29. The van der Waals surface area contributed by atoms with Crippen LogP contribution in [0.5, 0.6) is 0 Å². The molecule has 3 heteroatoms. The van der Waals surface area contributed by atoms with Crippen LogP contribution < -0.4 is 0 Å². The van der Waals surface area contributed by atoms with Crippen LogP contribution in [0.3, 0.4) is 0 Å². The number of aromatic nitrogens is 2. The van der Waals surface area contributed by atoms with Gasteiger partial charge < -0.3 is 0 Å². The number of rotatable bonds is 0. The van der Waals surface area contributed by atoms with Crippen LogP contribution in [0.2, 0.25) is 0 Å². The summed E-state index contributed by atoms with van der Waals surface area (Å²) >= 11 is 0. The topological polar surface area (TPSA) is 41.6 Å². The van der Waals surface area contributed by atoms with Crippen LogP contribution in [0, 0.1) is 11.3 Å². The van der Waals surface area contributed by atoms with Crippen molar-refractivity contribution < 1.29 is 0 Å². The van der Waals surface area contributed by atoms with E-state index in [9.17, 15) is 0 Å². The van der Waals surface area contributed by atoms with Crippen molar-refractivity contribution in [2.24, 2.45) is 7.05 Å². The molecule has 0 aliphatic carbocycles. The number of nitriles is 1. The Morgan fingerprint density at radius 1 is 1.50 bits per heavy atom. The number of hydrogen-bond acceptors (Lipinski definition) is 2. The zero-order valence-corrected chi connectivity index (χ0v) is 7.92. The summed E-state index contributed by atoms with van der Waals surface area (Å²) in [5.41, 5.74) is 1.62. The molecule has 0 bridgehead atoms. The van der Waals surface area contributed by atoms with Crippen molar-refractivity contribution in [3.05, 3.63) is 17.5 Å². The standard InChI is InChI=1S/C9H13N3/c1-9(2,3)8-5-7(6-10)11-12(8)4/h5H,1-4H3. The maximum absolute atomic E-state index is 8.62. The highest BCUT2D eigenvalue weighted by Gasteiger charge is 2.18. The minimum Gasteiger partial charge on any atom is -0.271 e. The number of nitrogens with zero attached hydrogens (tertiary/aromatic N) is 3. The predicted molar refractivity (Wildman–Crippen MR) is 46.6 cm³/mol. The molecule has 0 unspecified atom stereocenters. The van der Waals surface area contributed by atoms with Gasteiger partial charge in [-0.15, -0.1) is 0 Å². The molecule has 0 N–H and O–H groups in total. The van der Waals surface area contributed by atoms with Crippen molar-refractivity contribution in [2.75, 3.05) is 0 Å². The fourth-order valence-electron chi connectivity index (χ4n) is 1.22. The molecule has 0 saturated carbocycles. The highest BCUT2D eigenvalue weighted by atomic mass is 15.3. The molecular weight excluding hydrogens is 150 g/mol. The van der Waals surface area contributed by atoms with Crippen LogP contribution in [0.1, 0.15) is 32.2 Å². The molecule has 1 heterocycles. The molecule has 0 atom stereocenters. The molecule has 0 aliphatic heterocycles. The molecule has 0 saturated heterocycles. The van der Waals surface area contributed by atoms with Crippen LogP contribution in [-0.2, 0) is 12.5 Å². The van der Waals surface area contributed by atoms with Crippen LogP contribution >= 0.6 is 0 Å². The molecule has 0 aromatic carbocycles. The summed E-state index contributed by atoms with van der Waals surface area (Å²) < 4.78 is 1.76. The fraction of sp³-hybridized carbons (Fsp3) is 0.556. The molecule has 1 aromatic rings. The van der Waals surface area contributed by atoms with E-state index in [0.717, 1.165) is 5.69 Å². The summed E-state index contributed by atoms with van der Waals surface area (Å²) in [5, 5.41) is 12.7. The first-order valence-electron chi connectivity index (χ1n) is 3.90. The van der Waals surface area contributed by atoms with Gasteiger partial charge in [0, 0.05) is 18.2 Å². The quantitative estimate of drug-likeness (QED) is 0.582. The third kappa shape index (κ3) is 1.48. The maximum atomic E-state index is 8.62. The lowest BCUT2D eigenvalue weighted by Gasteiger charge is -2.17. The second-order valence-electron chi connectivity index (χ2n) is 3.90. The van der Waals surface area contributed by atoms with E-state index in [1.54, 1.807) is 4.68 Å². The third-order valence-electron chi connectivity index (χ3n) is 1.76. The Kier molecular flexibility index (Phi) is 1.93. The minimum absolute atomic E-state index is 0.0524. The summed E-state index contributed by atoms with van der Waals surface area (Å²) in [7, 11) is 1.86. The van der Waals surface area contributed by atoms with Crippen LogP contribution in [0.4, 0.5) is 0 Å². The van der Waals surface area contributed by atoms with Crippen molar-refractivity contribution >= 4 is 0 Å². The lowest BCUT2D eigenvalue weighted by molar-refractivity contribution is 0.523. The van der Waals surface area contributed by atoms with Crippen molar-refractivity contribution in [1.29, 1.82) is 5.26 Å². The SMILES string of the molecule is Cn1nc(C#N)cc1C(C)(C)C. The summed E-state index contributed by atoms with van der Waals surface area (Å²) in [6.45, 7) is 6.31. The largest absolute Gasteiger partial charge is 0.271 e. The Bertz CT molecular complexity index is 323. The first-order chi connectivity index (χ1) is 5.45. The second-order valence-corrected chi connectivity index (χ2v) is 3.90. The zero-order valence-electron chi connectivity index (χ0n) is 7.92. The third-order valence-corrected chi connectivity index (χ3v) is 1.76. The molecule has 0 aliphatic rings. The van der Waals surface area contributed by atoms with E-state index in [0.29, 0.717) is 5.69 Å². The van der Waals surface area contributed by atoms with E-state index in [-0.39, 0.29) is 5.41 Å². The summed E-state index contributed by atoms with van der Waals surface area (Å²) in [5.74, 6) is 0. The summed E-state index contributed by atoms with van der Waals surface area (Å²) in [4.78, 5) is 0. The molecule has 0 radical (unpaired) electrons. The second kappa shape index (κ2) is 2.63. The summed E-state index contributed by atoms with van der Waals surface area (Å²) in [6, 6.07) is 3.86. The molecule has 1 rings (SSSR count). The lowest BCUT2D eigenvalue weighted by atomic mass is 9.92. The van der Waals surface area contributed by atoms with Crippen molar-refractivity contribution in [1.82, 2.24) is 9.78 Å². The lowest BCUT2D eigenvalue weighted by Crippen LogP contribution is -2.16. The Hall–Kier alpha value is -1.30. The fourth-order valence-corrected chi connectivity index (χ4v) is 1.22. The molecule has 1 aromatic heterocycles. The smallest absolute Gasteiger partial charge is 0.162 e. The van der Waals surface area contributed by atoms with E-state index in [2.05, 4.69) is 25.9 Å². The van der Waals surface area contributed by atoms with Crippen molar-refractivity contribution in [3.63, 3.8) is 0 Å². The summed E-state index contributed by atoms with van der Waals surface area (Å²) in [6.07, 6.45) is 0. The van der Waals surface area contributed by atoms with Crippen LogP contribution in [0.15, 0.2) is 6.07 Å². The maximum Gasteiger partial charge on any atom is 0.162 e. The Morgan fingerprint density at radius 3 is 2.33 bits per heavy atom. The van der Waals surface area contributed by atoms with Crippen molar-refractivity contribution in [3.8, 4) is 6.07 Å². The molecule has 64 valence electrons. The predicted octanol–water partition coefficient (Wildman–Crippen LogP) is 1.59. The Morgan fingerprint density at radius 2 is 2.08 bits per heavy atom. The Balaban J connectivity index is 3.19. The molecule has 0 spiro atoms. The van der Waals surface area contributed by atoms with Gasteiger partial charge in [-0.25, -0.2) is 0 Å². The monoisotopic (exact) mass is 163 g/mol. The molecule has 0 fully saturated rings. The van der Waals surface area contributed by atoms with Gasteiger partial charge >= 0.3 is 0 Å². The average molecular weight is 163 g/mol.